The van der Waals surface area contributed by atoms with Gasteiger partial charge in [-0.25, -0.2) is 0 Å². The summed E-state index contributed by atoms with van der Waals surface area (Å²) in [7, 11) is 0. The number of fused-ring (bicyclic) bond motifs is 1. The van der Waals surface area contributed by atoms with Crippen molar-refractivity contribution < 1.29 is 5.11 Å². The van der Waals surface area contributed by atoms with Crippen LogP contribution in [-0.2, 0) is 6.42 Å². The maximum Gasteiger partial charge on any atom is 0.119 e. The lowest BCUT2D eigenvalue weighted by atomic mass is 9.81. The molecule has 0 fully saturated rings. The Kier molecular flexibility index (Phi) is 2.73. The van der Waals surface area contributed by atoms with Crippen LogP contribution < -0.4 is 5.73 Å². The normalized spacial score (nSPS) is 20.5. The van der Waals surface area contributed by atoms with Crippen LogP contribution in [0.4, 0.5) is 0 Å². The molecule has 0 saturated carbocycles. The topological polar surface area (TPSA) is 46.2 Å². The van der Waals surface area contributed by atoms with E-state index in [4.69, 9.17) is 5.73 Å². The van der Waals surface area contributed by atoms with Crippen LogP contribution in [0.15, 0.2) is 18.2 Å². The molecule has 1 aliphatic rings. The van der Waals surface area contributed by atoms with E-state index in [-0.39, 0.29) is 0 Å². The van der Waals surface area contributed by atoms with Gasteiger partial charge in [-0.3, -0.25) is 0 Å². The Hall–Kier alpha value is -1.02. The predicted molar refractivity (Wildman–Crippen MR) is 57.5 cm³/mol. The van der Waals surface area contributed by atoms with Gasteiger partial charge in [-0.1, -0.05) is 12.1 Å². The molecule has 0 aromatic heterocycles. The second kappa shape index (κ2) is 4.01. The molecule has 0 amide bonds. The predicted octanol–water partition coefficient (Wildman–Crippen LogP) is 2.16. The minimum absolute atomic E-state index is 0.462. The van der Waals surface area contributed by atoms with Crippen molar-refractivity contribution in [3.63, 3.8) is 0 Å². The Balaban J connectivity index is 2.34. The number of benzene rings is 1. The highest BCUT2D eigenvalue weighted by Crippen LogP contribution is 2.37. The summed E-state index contributed by atoms with van der Waals surface area (Å²) in [5.41, 5.74) is 8.06. The van der Waals surface area contributed by atoms with E-state index in [1.165, 1.54) is 18.4 Å². The first-order valence-corrected chi connectivity index (χ1v) is 5.33. The molecule has 2 rings (SSSR count). The number of rotatable bonds is 2. The summed E-state index contributed by atoms with van der Waals surface area (Å²) in [6, 6.07) is 5.85. The van der Waals surface area contributed by atoms with Crippen molar-refractivity contribution >= 4 is 0 Å². The highest BCUT2D eigenvalue weighted by Gasteiger charge is 2.21. The first-order chi connectivity index (χ1) is 6.83. The molecular formula is C12H17NO. The molecule has 0 bridgehead atoms. The Morgan fingerprint density at radius 3 is 3.07 bits per heavy atom. The monoisotopic (exact) mass is 191 g/mol. The molecule has 0 saturated heterocycles. The zero-order valence-electron chi connectivity index (χ0n) is 8.37. The van der Waals surface area contributed by atoms with Crippen LogP contribution in [0.1, 0.15) is 36.3 Å². The summed E-state index contributed by atoms with van der Waals surface area (Å²) in [5.74, 6) is 1.03. The fraction of sp³-hybridized carbons (Fsp3) is 0.500. The highest BCUT2D eigenvalue weighted by atomic mass is 16.3. The van der Waals surface area contributed by atoms with E-state index < -0.39 is 0 Å². The lowest BCUT2D eigenvalue weighted by molar-refractivity contribution is 0.450. The van der Waals surface area contributed by atoms with E-state index in [0.29, 0.717) is 11.7 Å². The highest BCUT2D eigenvalue weighted by molar-refractivity contribution is 5.42. The van der Waals surface area contributed by atoms with Crippen LogP contribution in [0.2, 0.25) is 0 Å². The Morgan fingerprint density at radius 1 is 1.43 bits per heavy atom. The van der Waals surface area contributed by atoms with Crippen molar-refractivity contribution in [3.8, 4) is 5.75 Å². The van der Waals surface area contributed by atoms with Crippen LogP contribution in [-0.4, -0.2) is 11.7 Å². The van der Waals surface area contributed by atoms with E-state index in [2.05, 4.69) is 6.07 Å². The van der Waals surface area contributed by atoms with Gasteiger partial charge in [0.2, 0.25) is 0 Å². The number of nitrogens with two attached hydrogens (primary N) is 1. The molecule has 0 aliphatic heterocycles. The molecule has 0 spiro atoms. The molecular weight excluding hydrogens is 174 g/mol. The first kappa shape index (κ1) is 9.53. The van der Waals surface area contributed by atoms with Crippen LogP contribution in [0.3, 0.4) is 0 Å². The molecule has 1 aliphatic carbocycles. The lowest BCUT2D eigenvalue weighted by Gasteiger charge is -2.25. The molecule has 3 N–H and O–H groups in total. The van der Waals surface area contributed by atoms with Crippen molar-refractivity contribution in [3.05, 3.63) is 29.3 Å². The molecule has 0 heterocycles. The van der Waals surface area contributed by atoms with Gasteiger partial charge in [0.15, 0.2) is 0 Å². The van der Waals surface area contributed by atoms with E-state index in [0.717, 1.165) is 24.9 Å². The SMILES string of the molecule is NCCC1CCCc2c(O)cccc21. The number of aromatic hydroxyl groups is 1. The smallest absolute Gasteiger partial charge is 0.119 e. The van der Waals surface area contributed by atoms with Crippen molar-refractivity contribution in [1.29, 1.82) is 0 Å². The van der Waals surface area contributed by atoms with E-state index in [1.54, 1.807) is 6.07 Å². The molecule has 14 heavy (non-hydrogen) atoms. The molecule has 1 aromatic carbocycles. The van der Waals surface area contributed by atoms with Crippen LogP contribution in [0.25, 0.3) is 0 Å². The number of phenols is 1. The first-order valence-electron chi connectivity index (χ1n) is 5.33. The zero-order chi connectivity index (χ0) is 9.97. The van der Waals surface area contributed by atoms with Crippen molar-refractivity contribution in [1.82, 2.24) is 0 Å². The fourth-order valence-corrected chi connectivity index (χ4v) is 2.43. The quantitative estimate of drug-likeness (QED) is 0.752. The van der Waals surface area contributed by atoms with Gasteiger partial charge >= 0.3 is 0 Å². The molecule has 76 valence electrons. The van der Waals surface area contributed by atoms with Crippen LogP contribution >= 0.6 is 0 Å². The summed E-state index contributed by atoms with van der Waals surface area (Å²) in [6.45, 7) is 0.736. The molecule has 2 nitrogen and oxygen atoms in total. The summed E-state index contributed by atoms with van der Waals surface area (Å²) >= 11 is 0. The molecule has 1 unspecified atom stereocenters. The van der Waals surface area contributed by atoms with Gasteiger partial charge in [-0.2, -0.15) is 0 Å². The van der Waals surface area contributed by atoms with E-state index in [9.17, 15) is 5.11 Å². The molecule has 2 heteroatoms. The van der Waals surface area contributed by atoms with Crippen molar-refractivity contribution in [2.45, 2.75) is 31.6 Å². The van der Waals surface area contributed by atoms with Gasteiger partial charge in [0.05, 0.1) is 0 Å². The third-order valence-corrected chi connectivity index (χ3v) is 3.12. The standard InChI is InChI=1S/C12H17NO/c13-8-7-9-3-1-5-11-10(9)4-2-6-12(11)14/h2,4,6,9,14H,1,3,5,7-8,13H2. The second-order valence-electron chi connectivity index (χ2n) is 4.01. The van der Waals surface area contributed by atoms with Gasteiger partial charge in [0, 0.05) is 0 Å². The lowest BCUT2D eigenvalue weighted by Crippen LogP contribution is -2.13. The van der Waals surface area contributed by atoms with Gasteiger partial charge in [0.1, 0.15) is 5.75 Å². The molecule has 1 aromatic rings. The number of hydrogen-bond donors (Lipinski definition) is 2. The minimum Gasteiger partial charge on any atom is -0.508 e. The molecule has 0 radical (unpaired) electrons. The van der Waals surface area contributed by atoms with Gasteiger partial charge < -0.3 is 10.8 Å². The number of hydrogen-bond acceptors (Lipinski definition) is 2. The zero-order valence-corrected chi connectivity index (χ0v) is 8.37. The molecule has 1 atom stereocenters. The van der Waals surface area contributed by atoms with Gasteiger partial charge in [0.25, 0.3) is 0 Å². The Labute approximate surface area is 84.7 Å². The summed E-state index contributed by atoms with van der Waals surface area (Å²) < 4.78 is 0. The van der Waals surface area contributed by atoms with E-state index >= 15 is 0 Å². The van der Waals surface area contributed by atoms with Gasteiger partial charge in [-0.05, 0) is 55.3 Å². The maximum absolute atomic E-state index is 9.71. The van der Waals surface area contributed by atoms with Crippen LogP contribution in [0.5, 0.6) is 5.75 Å². The minimum atomic E-state index is 0.462. The Morgan fingerprint density at radius 2 is 2.29 bits per heavy atom. The van der Waals surface area contributed by atoms with Gasteiger partial charge in [-0.15, -0.1) is 0 Å². The average molecular weight is 191 g/mol. The van der Waals surface area contributed by atoms with Crippen molar-refractivity contribution in [2.75, 3.05) is 6.54 Å². The maximum atomic E-state index is 9.71. The summed E-state index contributed by atoms with van der Waals surface area (Å²) in [5, 5.41) is 9.71. The second-order valence-corrected chi connectivity index (χ2v) is 4.01. The summed E-state index contributed by atoms with van der Waals surface area (Å²) in [6.07, 6.45) is 4.45. The third kappa shape index (κ3) is 1.62. The average Bonchev–Trinajstić information content (AvgIpc) is 2.20. The van der Waals surface area contributed by atoms with Crippen LogP contribution in [0, 0.1) is 0 Å². The number of phenolic OH excluding ortho intramolecular Hbond substituents is 1. The van der Waals surface area contributed by atoms with Crippen molar-refractivity contribution in [2.24, 2.45) is 5.73 Å². The fourth-order valence-electron chi connectivity index (χ4n) is 2.43. The third-order valence-electron chi connectivity index (χ3n) is 3.12. The van der Waals surface area contributed by atoms with E-state index in [1.807, 2.05) is 6.07 Å². The summed E-state index contributed by atoms with van der Waals surface area (Å²) in [4.78, 5) is 0. The Bertz CT molecular complexity index is 322. The largest absolute Gasteiger partial charge is 0.508 e.